The number of hydrogen-bond donors (Lipinski definition) is 3. The summed E-state index contributed by atoms with van der Waals surface area (Å²) in [7, 11) is 0. The summed E-state index contributed by atoms with van der Waals surface area (Å²) in [6.45, 7) is 3.92. The number of carbonyl (C=O) groups is 3. The molecule has 4 amide bonds. The number of urea groups is 2. The van der Waals surface area contributed by atoms with Gasteiger partial charge in [-0.2, -0.15) is 0 Å². The Hall–Kier alpha value is -1.79. The van der Waals surface area contributed by atoms with Gasteiger partial charge in [0.15, 0.2) is 0 Å². The number of imide groups is 1. The van der Waals surface area contributed by atoms with E-state index in [4.69, 9.17) is 10.8 Å². The molecule has 0 saturated heterocycles. The summed E-state index contributed by atoms with van der Waals surface area (Å²) < 4.78 is 0. The number of carboxylic acid groups (broad SMARTS) is 1. The Morgan fingerprint density at radius 3 is 2.33 bits per heavy atom. The Labute approximate surface area is 124 Å². The standard InChI is InChI=1S/C14H25N3O4/c1-9-3-5-11(6-4-9)7-16-14(21)17(13(15)20)8-10(2)12(18)19/h9-11H,3-8H2,1-2H3,(H2,15,20)(H,16,21)(H,18,19)/t9?,10-,11?/m0/s1. The van der Waals surface area contributed by atoms with Crippen LogP contribution in [0.5, 0.6) is 0 Å². The molecule has 1 aliphatic carbocycles. The number of carbonyl (C=O) groups excluding carboxylic acids is 2. The molecule has 120 valence electrons. The summed E-state index contributed by atoms with van der Waals surface area (Å²) >= 11 is 0. The number of nitrogens with zero attached hydrogens (tertiary/aromatic N) is 1. The Morgan fingerprint density at radius 2 is 1.86 bits per heavy atom. The van der Waals surface area contributed by atoms with Crippen molar-refractivity contribution in [2.24, 2.45) is 23.5 Å². The molecule has 4 N–H and O–H groups in total. The van der Waals surface area contributed by atoms with E-state index < -0.39 is 23.9 Å². The fourth-order valence-electron chi connectivity index (χ4n) is 2.49. The van der Waals surface area contributed by atoms with E-state index in [1.165, 1.54) is 6.92 Å². The van der Waals surface area contributed by atoms with Crippen LogP contribution in [0.15, 0.2) is 0 Å². The van der Waals surface area contributed by atoms with Gasteiger partial charge in [0, 0.05) is 13.1 Å². The van der Waals surface area contributed by atoms with Gasteiger partial charge in [-0.15, -0.1) is 0 Å². The maximum absolute atomic E-state index is 12.0. The van der Waals surface area contributed by atoms with E-state index in [9.17, 15) is 14.4 Å². The fraction of sp³-hybridized carbons (Fsp3) is 0.786. The first-order chi connectivity index (χ1) is 9.81. The zero-order chi connectivity index (χ0) is 16.0. The van der Waals surface area contributed by atoms with Gasteiger partial charge in [-0.25, -0.2) is 14.5 Å². The summed E-state index contributed by atoms with van der Waals surface area (Å²) in [5.41, 5.74) is 5.15. The molecule has 1 atom stereocenters. The van der Waals surface area contributed by atoms with Crippen molar-refractivity contribution in [1.29, 1.82) is 0 Å². The van der Waals surface area contributed by atoms with Gasteiger partial charge < -0.3 is 16.2 Å². The zero-order valence-corrected chi connectivity index (χ0v) is 12.7. The van der Waals surface area contributed by atoms with Crippen molar-refractivity contribution in [2.45, 2.75) is 39.5 Å². The van der Waals surface area contributed by atoms with Crippen LogP contribution in [0.2, 0.25) is 0 Å². The van der Waals surface area contributed by atoms with E-state index in [2.05, 4.69) is 12.2 Å². The fourth-order valence-corrected chi connectivity index (χ4v) is 2.49. The van der Waals surface area contributed by atoms with Gasteiger partial charge in [-0.1, -0.05) is 26.7 Å². The van der Waals surface area contributed by atoms with E-state index in [0.29, 0.717) is 12.5 Å². The molecule has 0 unspecified atom stereocenters. The van der Waals surface area contributed by atoms with Crippen LogP contribution in [0.25, 0.3) is 0 Å². The highest BCUT2D eigenvalue weighted by atomic mass is 16.4. The van der Waals surface area contributed by atoms with Crippen LogP contribution in [0, 0.1) is 17.8 Å². The first-order valence-corrected chi connectivity index (χ1v) is 7.38. The molecule has 0 spiro atoms. The van der Waals surface area contributed by atoms with E-state index in [-0.39, 0.29) is 6.54 Å². The molecule has 1 rings (SSSR count). The van der Waals surface area contributed by atoms with Crippen LogP contribution < -0.4 is 11.1 Å². The van der Waals surface area contributed by atoms with Gasteiger partial charge in [-0.3, -0.25) is 4.79 Å². The number of primary amides is 1. The van der Waals surface area contributed by atoms with Gasteiger partial charge in [0.05, 0.1) is 5.92 Å². The number of nitrogens with one attached hydrogen (secondary N) is 1. The van der Waals surface area contributed by atoms with Crippen molar-refractivity contribution >= 4 is 18.0 Å². The Morgan fingerprint density at radius 1 is 1.29 bits per heavy atom. The van der Waals surface area contributed by atoms with Crippen molar-refractivity contribution in [3.63, 3.8) is 0 Å². The summed E-state index contributed by atoms with van der Waals surface area (Å²) in [6, 6.07) is -1.55. The highest BCUT2D eigenvalue weighted by Gasteiger charge is 2.25. The van der Waals surface area contributed by atoms with E-state index in [1.54, 1.807) is 0 Å². The van der Waals surface area contributed by atoms with Gasteiger partial charge in [0.2, 0.25) is 0 Å². The summed E-state index contributed by atoms with van der Waals surface area (Å²) in [6.07, 6.45) is 4.42. The van der Waals surface area contributed by atoms with Gasteiger partial charge >= 0.3 is 18.0 Å². The van der Waals surface area contributed by atoms with Crippen molar-refractivity contribution in [1.82, 2.24) is 10.2 Å². The monoisotopic (exact) mass is 299 g/mol. The largest absolute Gasteiger partial charge is 0.481 e. The van der Waals surface area contributed by atoms with Gasteiger partial charge in [-0.05, 0) is 24.7 Å². The summed E-state index contributed by atoms with van der Waals surface area (Å²) in [5.74, 6) is -0.777. The predicted molar refractivity (Wildman–Crippen MR) is 77.6 cm³/mol. The molecule has 0 bridgehead atoms. The quantitative estimate of drug-likeness (QED) is 0.716. The second-order valence-corrected chi connectivity index (χ2v) is 6.00. The molecule has 0 aromatic heterocycles. The third kappa shape index (κ3) is 5.61. The Kier molecular flexibility index (Phi) is 6.45. The molecule has 0 heterocycles. The lowest BCUT2D eigenvalue weighted by molar-refractivity contribution is -0.141. The van der Waals surface area contributed by atoms with Gasteiger partial charge in [0.25, 0.3) is 0 Å². The topological polar surface area (TPSA) is 113 Å². The van der Waals surface area contributed by atoms with Crippen molar-refractivity contribution < 1.29 is 19.5 Å². The number of aliphatic carboxylic acids is 1. The van der Waals surface area contributed by atoms with Crippen LogP contribution in [-0.2, 0) is 4.79 Å². The van der Waals surface area contributed by atoms with Gasteiger partial charge in [0.1, 0.15) is 0 Å². The number of amides is 4. The molecule has 7 nitrogen and oxygen atoms in total. The van der Waals surface area contributed by atoms with E-state index in [1.807, 2.05) is 0 Å². The average Bonchev–Trinajstić information content (AvgIpc) is 2.43. The first-order valence-electron chi connectivity index (χ1n) is 7.38. The zero-order valence-electron chi connectivity index (χ0n) is 12.7. The van der Waals surface area contributed by atoms with Crippen LogP contribution in [-0.4, -0.2) is 41.1 Å². The third-order valence-electron chi connectivity index (χ3n) is 4.07. The van der Waals surface area contributed by atoms with E-state index >= 15 is 0 Å². The molecule has 0 aromatic carbocycles. The summed E-state index contributed by atoms with van der Waals surface area (Å²) in [5, 5.41) is 11.5. The molecule has 21 heavy (non-hydrogen) atoms. The Balaban J connectivity index is 2.46. The van der Waals surface area contributed by atoms with Crippen LogP contribution in [0.1, 0.15) is 39.5 Å². The molecule has 0 aromatic rings. The molecule has 1 aliphatic rings. The van der Waals surface area contributed by atoms with Crippen molar-refractivity contribution in [3.05, 3.63) is 0 Å². The minimum Gasteiger partial charge on any atom is -0.481 e. The molecular weight excluding hydrogens is 274 g/mol. The maximum Gasteiger partial charge on any atom is 0.325 e. The predicted octanol–water partition coefficient (Wildman–Crippen LogP) is 1.62. The molecule has 0 radical (unpaired) electrons. The first kappa shape index (κ1) is 17.3. The number of nitrogens with two attached hydrogens (primary N) is 1. The minimum atomic E-state index is -1.07. The van der Waals surface area contributed by atoms with Crippen LogP contribution in [0.4, 0.5) is 9.59 Å². The lowest BCUT2D eigenvalue weighted by atomic mass is 9.83. The molecule has 1 fully saturated rings. The molecule has 7 heteroatoms. The number of rotatable bonds is 5. The highest BCUT2D eigenvalue weighted by Crippen LogP contribution is 2.27. The van der Waals surface area contributed by atoms with Crippen molar-refractivity contribution in [2.75, 3.05) is 13.1 Å². The second-order valence-electron chi connectivity index (χ2n) is 6.00. The highest BCUT2D eigenvalue weighted by molar-refractivity contribution is 5.93. The third-order valence-corrected chi connectivity index (χ3v) is 4.07. The van der Waals surface area contributed by atoms with Crippen molar-refractivity contribution in [3.8, 4) is 0 Å². The minimum absolute atomic E-state index is 0.224. The smallest absolute Gasteiger partial charge is 0.325 e. The maximum atomic E-state index is 12.0. The lowest BCUT2D eigenvalue weighted by Gasteiger charge is -2.27. The number of hydrogen-bond acceptors (Lipinski definition) is 3. The number of carboxylic acids is 1. The van der Waals surface area contributed by atoms with E-state index in [0.717, 1.165) is 36.5 Å². The van der Waals surface area contributed by atoms with Crippen LogP contribution in [0.3, 0.4) is 0 Å². The average molecular weight is 299 g/mol. The summed E-state index contributed by atoms with van der Waals surface area (Å²) in [4.78, 5) is 34.8. The molecular formula is C14H25N3O4. The second kappa shape index (κ2) is 7.85. The molecule has 0 aliphatic heterocycles. The van der Waals surface area contributed by atoms with Crippen LogP contribution >= 0.6 is 0 Å². The normalized spacial score (nSPS) is 23.1. The SMILES string of the molecule is CC1CCC(CNC(=O)N(C[C@H](C)C(=O)O)C(N)=O)CC1. The Bertz CT molecular complexity index is 392. The lowest BCUT2D eigenvalue weighted by Crippen LogP contribution is -2.50. The molecule has 1 saturated carbocycles.